The Bertz CT molecular complexity index is 1220. The molecule has 1 amide bonds. The second kappa shape index (κ2) is 8.96. The third kappa shape index (κ3) is 5.25. The van der Waals surface area contributed by atoms with Gasteiger partial charge < -0.3 is 10.1 Å². The summed E-state index contributed by atoms with van der Waals surface area (Å²) in [6.07, 6.45) is 1.48. The number of rotatable bonds is 7. The maximum atomic E-state index is 13.1. The van der Waals surface area contributed by atoms with E-state index in [1.807, 2.05) is 0 Å². The maximum Gasteiger partial charge on any atom is 0.337 e. The number of carbonyl (C=O) groups is 2. The molecule has 0 aliphatic rings. The number of aromatic nitrogens is 2. The number of methoxy groups -OCH3 is 1. The zero-order valence-electron chi connectivity index (χ0n) is 16.6. The van der Waals surface area contributed by atoms with E-state index in [9.17, 15) is 22.4 Å². The second-order valence-electron chi connectivity index (χ2n) is 6.49. The molecule has 3 rings (SSSR count). The molecule has 0 unspecified atom stereocenters. The van der Waals surface area contributed by atoms with E-state index in [1.54, 1.807) is 13.1 Å². The summed E-state index contributed by atoms with van der Waals surface area (Å²) in [6.45, 7) is 0.0140. The van der Waals surface area contributed by atoms with Crippen LogP contribution in [0.3, 0.4) is 0 Å². The van der Waals surface area contributed by atoms with E-state index in [0.29, 0.717) is 11.3 Å². The zero-order chi connectivity index (χ0) is 22.6. The number of amides is 1. The lowest BCUT2D eigenvalue weighted by molar-refractivity contribution is 0.0600. The molecular weight excluding hydrogens is 427 g/mol. The van der Waals surface area contributed by atoms with Crippen molar-refractivity contribution >= 4 is 27.6 Å². The van der Waals surface area contributed by atoms with Crippen LogP contribution < -0.4 is 10.0 Å². The van der Waals surface area contributed by atoms with Crippen LogP contribution in [0.1, 0.15) is 26.4 Å². The molecule has 0 bridgehead atoms. The van der Waals surface area contributed by atoms with E-state index in [-0.39, 0.29) is 22.7 Å². The van der Waals surface area contributed by atoms with Crippen molar-refractivity contribution in [2.45, 2.75) is 11.4 Å². The van der Waals surface area contributed by atoms with Crippen molar-refractivity contribution in [1.29, 1.82) is 0 Å². The van der Waals surface area contributed by atoms with Gasteiger partial charge in [-0.3, -0.25) is 14.2 Å². The van der Waals surface area contributed by atoms with Gasteiger partial charge in [-0.25, -0.2) is 17.6 Å². The van der Waals surface area contributed by atoms with Crippen LogP contribution in [0.25, 0.3) is 0 Å². The summed E-state index contributed by atoms with van der Waals surface area (Å²) < 4.78 is 46.8. The van der Waals surface area contributed by atoms with Gasteiger partial charge in [-0.15, -0.1) is 0 Å². The number of nitrogens with zero attached hydrogens (tertiary/aromatic N) is 2. The fraction of sp³-hybridized carbons (Fsp3) is 0.150. The lowest BCUT2D eigenvalue weighted by Crippen LogP contribution is -2.25. The zero-order valence-corrected chi connectivity index (χ0v) is 17.4. The average Bonchev–Trinajstić information content (AvgIpc) is 3.17. The van der Waals surface area contributed by atoms with Crippen LogP contribution in [0, 0.1) is 5.82 Å². The number of aryl methyl sites for hydroxylation is 1. The largest absolute Gasteiger partial charge is 0.465 e. The minimum absolute atomic E-state index is 0.0140. The van der Waals surface area contributed by atoms with Gasteiger partial charge in [0, 0.05) is 19.8 Å². The number of esters is 1. The number of ether oxygens (including phenoxy) is 1. The number of anilines is 1. The van der Waals surface area contributed by atoms with Crippen LogP contribution in [0.2, 0.25) is 0 Å². The summed E-state index contributed by atoms with van der Waals surface area (Å²) >= 11 is 0. The predicted octanol–water partition coefficient (Wildman–Crippen LogP) is 2.08. The molecule has 0 atom stereocenters. The van der Waals surface area contributed by atoms with Gasteiger partial charge >= 0.3 is 5.97 Å². The molecule has 2 aromatic carbocycles. The Labute approximate surface area is 177 Å². The molecular formula is C20H19FN4O5S. The molecule has 0 spiro atoms. The van der Waals surface area contributed by atoms with Gasteiger partial charge in [0.05, 0.1) is 23.3 Å². The van der Waals surface area contributed by atoms with Crippen molar-refractivity contribution in [3.63, 3.8) is 0 Å². The number of halogens is 1. The smallest absolute Gasteiger partial charge is 0.337 e. The quantitative estimate of drug-likeness (QED) is 0.537. The topological polar surface area (TPSA) is 119 Å². The van der Waals surface area contributed by atoms with Crippen molar-refractivity contribution < 1.29 is 27.1 Å². The standard InChI is InChI=1S/C20H19FN4O5S/c1-25-18(7-8-23-25)19(26)22-12-13-9-14(20(27)30-2)11-16(10-13)24-31(28,29)17-5-3-15(21)4-6-17/h3-11,24H,12H2,1-2H3,(H,22,26). The number of hydrogen-bond donors (Lipinski definition) is 2. The number of hydrogen-bond acceptors (Lipinski definition) is 6. The number of benzene rings is 2. The molecule has 2 N–H and O–H groups in total. The molecule has 9 nitrogen and oxygen atoms in total. The molecule has 31 heavy (non-hydrogen) atoms. The van der Waals surface area contributed by atoms with Crippen LogP contribution >= 0.6 is 0 Å². The fourth-order valence-electron chi connectivity index (χ4n) is 2.79. The first-order valence-electron chi connectivity index (χ1n) is 8.96. The molecule has 0 saturated heterocycles. The van der Waals surface area contributed by atoms with Crippen molar-refractivity contribution in [2.75, 3.05) is 11.8 Å². The van der Waals surface area contributed by atoms with E-state index in [0.717, 1.165) is 24.3 Å². The Kier molecular flexibility index (Phi) is 6.35. The van der Waals surface area contributed by atoms with Gasteiger partial charge in [0.2, 0.25) is 0 Å². The summed E-state index contributed by atoms with van der Waals surface area (Å²) in [5.41, 5.74) is 0.958. The van der Waals surface area contributed by atoms with E-state index in [4.69, 9.17) is 4.74 Å². The maximum absolute atomic E-state index is 13.1. The Morgan fingerprint density at radius 1 is 1.13 bits per heavy atom. The highest BCUT2D eigenvalue weighted by Gasteiger charge is 2.17. The molecule has 0 saturated carbocycles. The second-order valence-corrected chi connectivity index (χ2v) is 8.17. The lowest BCUT2D eigenvalue weighted by Gasteiger charge is -2.12. The molecule has 0 fully saturated rings. The number of sulfonamides is 1. The first kappa shape index (κ1) is 22.0. The highest BCUT2D eigenvalue weighted by Crippen LogP contribution is 2.21. The normalized spacial score (nSPS) is 11.1. The highest BCUT2D eigenvalue weighted by molar-refractivity contribution is 7.92. The Balaban J connectivity index is 1.86. The number of carbonyl (C=O) groups excluding carboxylic acids is 2. The van der Waals surface area contributed by atoms with E-state index in [2.05, 4.69) is 15.1 Å². The summed E-state index contributed by atoms with van der Waals surface area (Å²) in [4.78, 5) is 24.2. The molecule has 1 aromatic heterocycles. The third-order valence-corrected chi connectivity index (χ3v) is 5.69. The van der Waals surface area contributed by atoms with Gasteiger partial charge in [0.25, 0.3) is 15.9 Å². The summed E-state index contributed by atoms with van der Waals surface area (Å²) in [7, 11) is -1.22. The minimum Gasteiger partial charge on any atom is -0.465 e. The van der Waals surface area contributed by atoms with Crippen LogP contribution in [-0.4, -0.2) is 37.2 Å². The van der Waals surface area contributed by atoms with Gasteiger partial charge in [0.15, 0.2) is 0 Å². The van der Waals surface area contributed by atoms with E-state index >= 15 is 0 Å². The minimum atomic E-state index is -4.04. The Morgan fingerprint density at radius 2 is 1.84 bits per heavy atom. The molecule has 0 radical (unpaired) electrons. The highest BCUT2D eigenvalue weighted by atomic mass is 32.2. The molecule has 0 aliphatic heterocycles. The van der Waals surface area contributed by atoms with Crippen LogP contribution in [0.4, 0.5) is 10.1 Å². The lowest BCUT2D eigenvalue weighted by atomic mass is 10.1. The van der Waals surface area contributed by atoms with E-state index < -0.39 is 27.7 Å². The molecule has 3 aromatic rings. The van der Waals surface area contributed by atoms with E-state index in [1.165, 1.54) is 36.2 Å². The average molecular weight is 446 g/mol. The monoisotopic (exact) mass is 446 g/mol. The van der Waals surface area contributed by atoms with Crippen LogP contribution in [0.5, 0.6) is 0 Å². The summed E-state index contributed by atoms with van der Waals surface area (Å²) in [6, 6.07) is 10.1. The number of nitrogens with one attached hydrogen (secondary N) is 2. The molecule has 162 valence electrons. The van der Waals surface area contributed by atoms with Crippen LogP contribution in [-0.2, 0) is 28.4 Å². The van der Waals surface area contributed by atoms with Gasteiger partial charge in [-0.2, -0.15) is 5.10 Å². The predicted molar refractivity (Wildman–Crippen MR) is 109 cm³/mol. The van der Waals surface area contributed by atoms with Gasteiger partial charge in [-0.1, -0.05) is 0 Å². The Hall–Kier alpha value is -3.73. The Morgan fingerprint density at radius 3 is 2.45 bits per heavy atom. The molecule has 11 heteroatoms. The summed E-state index contributed by atoms with van der Waals surface area (Å²) in [5, 5.41) is 6.61. The fourth-order valence-corrected chi connectivity index (χ4v) is 3.83. The van der Waals surface area contributed by atoms with Crippen LogP contribution in [0.15, 0.2) is 59.6 Å². The van der Waals surface area contributed by atoms with Crippen molar-refractivity contribution in [2.24, 2.45) is 7.05 Å². The first-order valence-corrected chi connectivity index (χ1v) is 10.4. The van der Waals surface area contributed by atoms with Gasteiger partial charge in [-0.05, 0) is 54.1 Å². The third-order valence-electron chi connectivity index (χ3n) is 4.30. The van der Waals surface area contributed by atoms with Crippen molar-refractivity contribution in [3.8, 4) is 0 Å². The SMILES string of the molecule is COC(=O)c1cc(CNC(=O)c2ccnn2C)cc(NS(=O)(=O)c2ccc(F)cc2)c1. The van der Waals surface area contributed by atoms with Crippen molar-refractivity contribution in [3.05, 3.63) is 77.4 Å². The first-order chi connectivity index (χ1) is 14.7. The summed E-state index contributed by atoms with van der Waals surface area (Å²) in [5.74, 6) is -1.64. The van der Waals surface area contributed by atoms with Gasteiger partial charge in [0.1, 0.15) is 11.5 Å². The van der Waals surface area contributed by atoms with Crippen molar-refractivity contribution in [1.82, 2.24) is 15.1 Å². The molecule has 1 heterocycles. The molecule has 0 aliphatic carbocycles.